The third kappa shape index (κ3) is 3.24. The van der Waals surface area contributed by atoms with Crippen molar-refractivity contribution in [3.8, 4) is 0 Å². The van der Waals surface area contributed by atoms with Crippen LogP contribution >= 0.6 is 0 Å². The summed E-state index contributed by atoms with van der Waals surface area (Å²) in [5.41, 5.74) is 8.55. The lowest BCUT2D eigenvalue weighted by molar-refractivity contribution is 0.0956. The minimum absolute atomic E-state index is 0.0594. The Balaban J connectivity index is 2.15. The molecule has 0 radical (unpaired) electrons. The number of amides is 1. The van der Waals surface area contributed by atoms with Gasteiger partial charge in [0.2, 0.25) is 0 Å². The molecule has 1 unspecified atom stereocenters. The van der Waals surface area contributed by atoms with E-state index in [1.54, 1.807) is 6.07 Å². The number of carbonyl (C=O) groups is 1. The number of nitrogen functional groups attached to an aromatic ring is 1. The molecular formula is C16H25N3O. The van der Waals surface area contributed by atoms with E-state index in [0.717, 1.165) is 24.7 Å². The van der Waals surface area contributed by atoms with Crippen LogP contribution in [0.15, 0.2) is 18.2 Å². The van der Waals surface area contributed by atoms with Crippen LogP contribution < -0.4 is 16.0 Å². The minimum atomic E-state index is -0.0594. The van der Waals surface area contributed by atoms with Crippen molar-refractivity contribution in [2.45, 2.75) is 33.1 Å². The van der Waals surface area contributed by atoms with Crippen LogP contribution in [0.1, 0.15) is 43.5 Å². The second kappa shape index (κ2) is 6.64. The summed E-state index contributed by atoms with van der Waals surface area (Å²) in [7, 11) is 0. The first-order valence-corrected chi connectivity index (χ1v) is 7.58. The van der Waals surface area contributed by atoms with E-state index in [1.807, 2.05) is 19.1 Å². The van der Waals surface area contributed by atoms with E-state index in [4.69, 9.17) is 5.73 Å². The number of nitrogens with two attached hydrogens (primary N) is 1. The highest BCUT2D eigenvalue weighted by molar-refractivity contribution is 5.96. The smallest absolute Gasteiger partial charge is 0.251 e. The summed E-state index contributed by atoms with van der Waals surface area (Å²) in [6.45, 7) is 6.91. The first kappa shape index (κ1) is 14.7. The molecule has 1 amide bonds. The second-order valence-corrected chi connectivity index (χ2v) is 5.50. The summed E-state index contributed by atoms with van der Waals surface area (Å²) in [5.74, 6) is 0.696. The van der Waals surface area contributed by atoms with E-state index >= 15 is 0 Å². The fourth-order valence-electron chi connectivity index (χ4n) is 2.86. The van der Waals surface area contributed by atoms with Gasteiger partial charge in [0.15, 0.2) is 0 Å². The monoisotopic (exact) mass is 275 g/mol. The molecule has 1 aliphatic heterocycles. The largest absolute Gasteiger partial charge is 0.397 e. The minimum Gasteiger partial charge on any atom is -0.397 e. The van der Waals surface area contributed by atoms with Gasteiger partial charge in [0.25, 0.3) is 5.91 Å². The van der Waals surface area contributed by atoms with Crippen LogP contribution in [-0.2, 0) is 0 Å². The topological polar surface area (TPSA) is 58.4 Å². The van der Waals surface area contributed by atoms with Crippen molar-refractivity contribution in [3.05, 3.63) is 23.8 Å². The predicted octanol–water partition coefficient (Wildman–Crippen LogP) is 2.64. The van der Waals surface area contributed by atoms with Gasteiger partial charge in [-0.2, -0.15) is 0 Å². The summed E-state index contributed by atoms with van der Waals surface area (Å²) in [6.07, 6.45) is 3.74. The van der Waals surface area contributed by atoms with E-state index in [9.17, 15) is 4.79 Å². The Morgan fingerprint density at radius 1 is 1.45 bits per heavy atom. The zero-order chi connectivity index (χ0) is 14.5. The van der Waals surface area contributed by atoms with Crippen molar-refractivity contribution < 1.29 is 4.79 Å². The van der Waals surface area contributed by atoms with Gasteiger partial charge in [0.05, 0.1) is 11.4 Å². The van der Waals surface area contributed by atoms with Gasteiger partial charge in [-0.05, 0) is 43.9 Å². The van der Waals surface area contributed by atoms with Crippen molar-refractivity contribution in [1.82, 2.24) is 5.32 Å². The van der Waals surface area contributed by atoms with E-state index in [1.165, 1.54) is 19.3 Å². The molecule has 3 N–H and O–H groups in total. The predicted molar refractivity (Wildman–Crippen MR) is 84.1 cm³/mol. The SMILES string of the molecule is CCNC(=O)c1ccc(N2CCCC(CC)C2)c(N)c1. The molecule has 1 fully saturated rings. The highest BCUT2D eigenvalue weighted by Crippen LogP contribution is 2.29. The molecule has 1 aromatic rings. The highest BCUT2D eigenvalue weighted by atomic mass is 16.1. The van der Waals surface area contributed by atoms with Gasteiger partial charge in [-0.1, -0.05) is 13.3 Å². The number of hydrogen-bond acceptors (Lipinski definition) is 3. The van der Waals surface area contributed by atoms with Gasteiger partial charge in [-0.25, -0.2) is 0 Å². The lowest BCUT2D eigenvalue weighted by Crippen LogP contribution is -2.35. The van der Waals surface area contributed by atoms with Crippen LogP contribution in [-0.4, -0.2) is 25.5 Å². The lowest BCUT2D eigenvalue weighted by atomic mass is 9.95. The van der Waals surface area contributed by atoms with Crippen LogP contribution in [0.3, 0.4) is 0 Å². The maximum absolute atomic E-state index is 11.8. The molecule has 0 saturated carbocycles. The molecule has 1 saturated heterocycles. The fraction of sp³-hybridized carbons (Fsp3) is 0.562. The maximum atomic E-state index is 11.8. The van der Waals surface area contributed by atoms with Crippen molar-refractivity contribution in [2.75, 3.05) is 30.3 Å². The molecule has 4 heteroatoms. The quantitative estimate of drug-likeness (QED) is 0.831. The zero-order valence-electron chi connectivity index (χ0n) is 12.5. The Kier molecular flexibility index (Phi) is 4.88. The Bertz CT molecular complexity index is 473. The number of rotatable bonds is 4. The Hall–Kier alpha value is -1.71. The molecule has 1 atom stereocenters. The molecule has 0 aromatic heterocycles. The van der Waals surface area contributed by atoms with Crippen molar-refractivity contribution >= 4 is 17.3 Å². The Labute approximate surface area is 121 Å². The summed E-state index contributed by atoms with van der Waals surface area (Å²) in [4.78, 5) is 14.2. The van der Waals surface area contributed by atoms with Crippen molar-refractivity contribution in [2.24, 2.45) is 5.92 Å². The molecule has 0 spiro atoms. The number of anilines is 2. The van der Waals surface area contributed by atoms with Crippen LogP contribution in [0, 0.1) is 5.92 Å². The van der Waals surface area contributed by atoms with E-state index in [2.05, 4.69) is 17.1 Å². The molecule has 1 aliphatic rings. The summed E-state index contributed by atoms with van der Waals surface area (Å²) >= 11 is 0. The summed E-state index contributed by atoms with van der Waals surface area (Å²) < 4.78 is 0. The molecular weight excluding hydrogens is 250 g/mol. The Morgan fingerprint density at radius 3 is 2.90 bits per heavy atom. The van der Waals surface area contributed by atoms with Gasteiger partial charge in [0.1, 0.15) is 0 Å². The van der Waals surface area contributed by atoms with Crippen LogP contribution in [0.25, 0.3) is 0 Å². The first-order valence-electron chi connectivity index (χ1n) is 7.58. The average molecular weight is 275 g/mol. The van der Waals surface area contributed by atoms with E-state index in [-0.39, 0.29) is 5.91 Å². The normalized spacial score (nSPS) is 18.9. The number of carbonyl (C=O) groups excluding carboxylic acids is 1. The molecule has 20 heavy (non-hydrogen) atoms. The standard InChI is InChI=1S/C16H25N3O/c1-3-12-6-5-9-19(11-12)15-8-7-13(10-14(15)17)16(20)18-4-2/h7-8,10,12H,3-6,9,11,17H2,1-2H3,(H,18,20). The van der Waals surface area contributed by atoms with Gasteiger partial charge in [0, 0.05) is 25.2 Å². The van der Waals surface area contributed by atoms with Crippen LogP contribution in [0.4, 0.5) is 11.4 Å². The van der Waals surface area contributed by atoms with Gasteiger partial charge >= 0.3 is 0 Å². The number of piperidine rings is 1. The van der Waals surface area contributed by atoms with E-state index in [0.29, 0.717) is 17.8 Å². The highest BCUT2D eigenvalue weighted by Gasteiger charge is 2.20. The molecule has 110 valence electrons. The van der Waals surface area contributed by atoms with Gasteiger partial charge in [-0.15, -0.1) is 0 Å². The number of hydrogen-bond donors (Lipinski definition) is 2. The number of benzene rings is 1. The zero-order valence-corrected chi connectivity index (χ0v) is 12.5. The van der Waals surface area contributed by atoms with Gasteiger partial charge < -0.3 is 16.0 Å². The average Bonchev–Trinajstić information content (AvgIpc) is 2.47. The number of nitrogens with one attached hydrogen (secondary N) is 1. The van der Waals surface area contributed by atoms with Gasteiger partial charge in [-0.3, -0.25) is 4.79 Å². The molecule has 2 rings (SSSR count). The van der Waals surface area contributed by atoms with E-state index < -0.39 is 0 Å². The molecule has 1 aromatic carbocycles. The third-order valence-corrected chi connectivity index (χ3v) is 4.06. The molecule has 0 aliphatic carbocycles. The summed E-state index contributed by atoms with van der Waals surface area (Å²) in [6, 6.07) is 5.64. The summed E-state index contributed by atoms with van der Waals surface area (Å²) in [5, 5.41) is 2.80. The third-order valence-electron chi connectivity index (χ3n) is 4.06. The van der Waals surface area contributed by atoms with Crippen LogP contribution in [0.5, 0.6) is 0 Å². The molecule has 1 heterocycles. The first-order chi connectivity index (χ1) is 9.65. The Morgan fingerprint density at radius 2 is 2.25 bits per heavy atom. The maximum Gasteiger partial charge on any atom is 0.251 e. The molecule has 4 nitrogen and oxygen atoms in total. The van der Waals surface area contributed by atoms with Crippen molar-refractivity contribution in [1.29, 1.82) is 0 Å². The fourth-order valence-corrected chi connectivity index (χ4v) is 2.86. The lowest BCUT2D eigenvalue weighted by Gasteiger charge is -2.34. The van der Waals surface area contributed by atoms with Crippen LogP contribution in [0.2, 0.25) is 0 Å². The molecule has 0 bridgehead atoms. The number of nitrogens with zero attached hydrogens (tertiary/aromatic N) is 1. The second-order valence-electron chi connectivity index (χ2n) is 5.50. The van der Waals surface area contributed by atoms with Crippen molar-refractivity contribution in [3.63, 3.8) is 0 Å².